The molecule has 98 valence electrons. The molecule has 2 aromatic rings. The first-order chi connectivity index (χ1) is 8.97. The SMILES string of the molecule is Cc1cc(Nc2nc(C(=O)O)ccc2N)ccc1F. The van der Waals surface area contributed by atoms with Gasteiger partial charge in [0.2, 0.25) is 0 Å². The Kier molecular flexibility index (Phi) is 3.33. The number of nitrogens with zero attached hydrogens (tertiary/aromatic N) is 1. The molecule has 0 amide bonds. The molecule has 0 radical (unpaired) electrons. The van der Waals surface area contributed by atoms with E-state index in [1.165, 1.54) is 24.3 Å². The van der Waals surface area contributed by atoms with E-state index in [4.69, 9.17) is 10.8 Å². The van der Waals surface area contributed by atoms with Crippen LogP contribution in [0.5, 0.6) is 0 Å². The molecule has 19 heavy (non-hydrogen) atoms. The summed E-state index contributed by atoms with van der Waals surface area (Å²) in [6.07, 6.45) is 0. The summed E-state index contributed by atoms with van der Waals surface area (Å²) >= 11 is 0. The molecule has 1 aromatic carbocycles. The number of carboxylic acids is 1. The van der Waals surface area contributed by atoms with Crippen molar-refractivity contribution in [2.45, 2.75) is 6.92 Å². The number of aromatic nitrogens is 1. The molecule has 1 aromatic heterocycles. The fraction of sp³-hybridized carbons (Fsp3) is 0.0769. The van der Waals surface area contributed by atoms with E-state index in [-0.39, 0.29) is 17.3 Å². The second kappa shape index (κ2) is 4.93. The predicted molar refractivity (Wildman–Crippen MR) is 70.0 cm³/mol. The first-order valence-electron chi connectivity index (χ1n) is 5.50. The molecule has 0 aliphatic heterocycles. The fourth-order valence-corrected chi connectivity index (χ4v) is 1.55. The highest BCUT2D eigenvalue weighted by Crippen LogP contribution is 2.22. The minimum absolute atomic E-state index is 0.115. The number of aryl methyl sites for hydroxylation is 1. The van der Waals surface area contributed by atoms with Gasteiger partial charge in [-0.2, -0.15) is 0 Å². The van der Waals surface area contributed by atoms with Crippen LogP contribution in [-0.2, 0) is 0 Å². The molecule has 6 heteroatoms. The zero-order valence-corrected chi connectivity index (χ0v) is 10.1. The second-order valence-electron chi connectivity index (χ2n) is 4.03. The summed E-state index contributed by atoms with van der Waals surface area (Å²) in [4.78, 5) is 14.7. The van der Waals surface area contributed by atoms with Crippen LogP contribution >= 0.6 is 0 Å². The number of nitrogen functional groups attached to an aromatic ring is 1. The lowest BCUT2D eigenvalue weighted by atomic mass is 10.2. The van der Waals surface area contributed by atoms with Crippen LogP contribution in [0, 0.1) is 12.7 Å². The maximum Gasteiger partial charge on any atom is 0.354 e. The van der Waals surface area contributed by atoms with Gasteiger partial charge >= 0.3 is 5.97 Å². The summed E-state index contributed by atoms with van der Waals surface area (Å²) < 4.78 is 13.1. The Bertz CT molecular complexity index is 644. The van der Waals surface area contributed by atoms with Crippen LogP contribution in [0.2, 0.25) is 0 Å². The molecular formula is C13H12FN3O2. The summed E-state index contributed by atoms with van der Waals surface area (Å²) in [7, 11) is 0. The maximum atomic E-state index is 13.1. The van der Waals surface area contributed by atoms with Gasteiger partial charge in [0, 0.05) is 5.69 Å². The molecule has 0 unspecified atom stereocenters. The highest BCUT2D eigenvalue weighted by Gasteiger charge is 2.09. The molecule has 0 spiro atoms. The van der Waals surface area contributed by atoms with E-state index in [0.29, 0.717) is 16.9 Å². The summed E-state index contributed by atoms with van der Waals surface area (Å²) in [5, 5.41) is 11.7. The zero-order chi connectivity index (χ0) is 14.0. The molecule has 0 saturated carbocycles. The Balaban J connectivity index is 2.34. The van der Waals surface area contributed by atoms with Gasteiger partial charge in [-0.1, -0.05) is 0 Å². The molecule has 2 rings (SSSR count). The molecular weight excluding hydrogens is 249 g/mol. The third-order valence-corrected chi connectivity index (χ3v) is 2.57. The summed E-state index contributed by atoms with van der Waals surface area (Å²) in [5.41, 5.74) is 6.96. The van der Waals surface area contributed by atoms with Crippen LogP contribution in [0.1, 0.15) is 16.1 Å². The maximum absolute atomic E-state index is 13.1. The largest absolute Gasteiger partial charge is 0.477 e. The highest BCUT2D eigenvalue weighted by atomic mass is 19.1. The summed E-state index contributed by atoms with van der Waals surface area (Å²) in [6.45, 7) is 1.63. The van der Waals surface area contributed by atoms with Crippen LogP contribution in [0.25, 0.3) is 0 Å². The van der Waals surface area contributed by atoms with Crippen LogP contribution in [0.4, 0.5) is 21.6 Å². The van der Waals surface area contributed by atoms with Crippen molar-refractivity contribution in [1.82, 2.24) is 4.98 Å². The third kappa shape index (κ3) is 2.79. The molecule has 0 bridgehead atoms. The normalized spacial score (nSPS) is 10.2. The topological polar surface area (TPSA) is 88.2 Å². The average molecular weight is 261 g/mol. The molecule has 4 N–H and O–H groups in total. The average Bonchev–Trinajstić information content (AvgIpc) is 2.36. The number of benzene rings is 1. The molecule has 0 saturated heterocycles. The van der Waals surface area contributed by atoms with Crippen LogP contribution in [-0.4, -0.2) is 16.1 Å². The smallest absolute Gasteiger partial charge is 0.354 e. The van der Waals surface area contributed by atoms with E-state index < -0.39 is 5.97 Å². The van der Waals surface area contributed by atoms with Gasteiger partial charge in [0.25, 0.3) is 0 Å². The molecule has 0 fully saturated rings. The minimum Gasteiger partial charge on any atom is -0.477 e. The van der Waals surface area contributed by atoms with Crippen LogP contribution < -0.4 is 11.1 Å². The van der Waals surface area contributed by atoms with E-state index in [9.17, 15) is 9.18 Å². The number of anilines is 3. The lowest BCUT2D eigenvalue weighted by Gasteiger charge is -2.10. The number of nitrogens with two attached hydrogens (primary N) is 1. The van der Waals surface area contributed by atoms with E-state index in [0.717, 1.165) is 0 Å². The fourth-order valence-electron chi connectivity index (χ4n) is 1.55. The van der Waals surface area contributed by atoms with Gasteiger partial charge in [-0.05, 0) is 42.8 Å². The summed E-state index contributed by atoms with van der Waals surface area (Å²) in [5.74, 6) is -1.23. The molecule has 1 heterocycles. The molecule has 5 nitrogen and oxygen atoms in total. The molecule has 0 aliphatic carbocycles. The standard InChI is InChI=1S/C13H12FN3O2/c1-7-6-8(2-3-9(7)14)16-12-10(15)4-5-11(17-12)13(18)19/h2-6H,15H2,1H3,(H,16,17)(H,18,19). The van der Waals surface area contributed by atoms with Crippen molar-refractivity contribution in [3.8, 4) is 0 Å². The van der Waals surface area contributed by atoms with Gasteiger partial charge in [0.15, 0.2) is 11.5 Å². The van der Waals surface area contributed by atoms with Gasteiger partial charge in [-0.3, -0.25) is 0 Å². The van der Waals surface area contributed by atoms with Gasteiger partial charge in [0.05, 0.1) is 5.69 Å². The Hall–Kier alpha value is -2.63. The quantitative estimate of drug-likeness (QED) is 0.790. The second-order valence-corrected chi connectivity index (χ2v) is 4.03. The van der Waals surface area contributed by atoms with Crippen molar-refractivity contribution in [1.29, 1.82) is 0 Å². The summed E-state index contributed by atoms with van der Waals surface area (Å²) in [6, 6.07) is 7.20. The number of carbonyl (C=O) groups is 1. The Morgan fingerprint density at radius 1 is 1.37 bits per heavy atom. The van der Waals surface area contributed by atoms with Crippen molar-refractivity contribution in [2.75, 3.05) is 11.1 Å². The minimum atomic E-state index is -1.14. The number of carboxylic acid groups (broad SMARTS) is 1. The molecule has 0 atom stereocenters. The van der Waals surface area contributed by atoms with Crippen LogP contribution in [0.15, 0.2) is 30.3 Å². The number of hydrogen-bond donors (Lipinski definition) is 3. The molecule has 0 aliphatic rings. The Morgan fingerprint density at radius 2 is 2.11 bits per heavy atom. The van der Waals surface area contributed by atoms with Crippen molar-refractivity contribution in [3.05, 3.63) is 47.4 Å². The number of aromatic carboxylic acids is 1. The third-order valence-electron chi connectivity index (χ3n) is 2.57. The van der Waals surface area contributed by atoms with Crippen molar-refractivity contribution < 1.29 is 14.3 Å². The lowest BCUT2D eigenvalue weighted by molar-refractivity contribution is 0.0690. The first kappa shape index (κ1) is 12.8. The Labute approximate surface area is 108 Å². The van der Waals surface area contributed by atoms with Gasteiger partial charge in [0.1, 0.15) is 5.82 Å². The van der Waals surface area contributed by atoms with Crippen molar-refractivity contribution >= 4 is 23.2 Å². The van der Waals surface area contributed by atoms with E-state index in [1.54, 1.807) is 13.0 Å². The highest BCUT2D eigenvalue weighted by molar-refractivity contribution is 5.87. The van der Waals surface area contributed by atoms with E-state index in [2.05, 4.69) is 10.3 Å². The number of hydrogen-bond acceptors (Lipinski definition) is 4. The predicted octanol–water partition coefficient (Wildman–Crippen LogP) is 2.55. The monoisotopic (exact) mass is 261 g/mol. The van der Waals surface area contributed by atoms with Crippen molar-refractivity contribution in [2.24, 2.45) is 0 Å². The number of pyridine rings is 1. The van der Waals surface area contributed by atoms with E-state index in [1.807, 2.05) is 0 Å². The first-order valence-corrected chi connectivity index (χ1v) is 5.50. The van der Waals surface area contributed by atoms with Crippen molar-refractivity contribution in [3.63, 3.8) is 0 Å². The van der Waals surface area contributed by atoms with Gasteiger partial charge in [-0.15, -0.1) is 0 Å². The van der Waals surface area contributed by atoms with Crippen LogP contribution in [0.3, 0.4) is 0 Å². The Morgan fingerprint density at radius 3 is 2.74 bits per heavy atom. The number of halogens is 1. The number of nitrogens with one attached hydrogen (secondary N) is 1. The van der Waals surface area contributed by atoms with E-state index >= 15 is 0 Å². The van der Waals surface area contributed by atoms with Gasteiger partial charge < -0.3 is 16.2 Å². The number of rotatable bonds is 3. The zero-order valence-electron chi connectivity index (χ0n) is 10.1. The lowest BCUT2D eigenvalue weighted by Crippen LogP contribution is -2.06. The van der Waals surface area contributed by atoms with Gasteiger partial charge in [-0.25, -0.2) is 14.2 Å².